The number of hydrogen-bond donors (Lipinski definition) is 1. The van der Waals surface area contributed by atoms with E-state index in [4.69, 9.17) is 9.84 Å². The van der Waals surface area contributed by atoms with E-state index < -0.39 is 5.97 Å². The van der Waals surface area contributed by atoms with Crippen molar-refractivity contribution in [3.05, 3.63) is 16.1 Å². The zero-order valence-electron chi connectivity index (χ0n) is 9.76. The first-order valence-electron chi connectivity index (χ1n) is 5.62. The smallest absolute Gasteiger partial charge is 0.365 e. The fraction of sp³-hybridized carbons (Fsp3) is 0.636. The largest absolute Gasteiger partial charge is 0.476 e. The molecular weight excluding hydrogens is 240 g/mol. The highest BCUT2D eigenvalue weighted by Crippen LogP contribution is 2.17. The predicted molar refractivity (Wildman–Crippen MR) is 64.4 cm³/mol. The number of methoxy groups -OCH3 is 1. The summed E-state index contributed by atoms with van der Waals surface area (Å²) >= 11 is 1.19. The molecule has 2 rings (SSSR count). The van der Waals surface area contributed by atoms with Gasteiger partial charge in [-0.1, -0.05) is 0 Å². The highest BCUT2D eigenvalue weighted by atomic mass is 32.1. The van der Waals surface area contributed by atoms with Crippen LogP contribution in [0.15, 0.2) is 5.38 Å². The van der Waals surface area contributed by atoms with E-state index in [1.165, 1.54) is 11.3 Å². The summed E-state index contributed by atoms with van der Waals surface area (Å²) in [5, 5.41) is 10.8. The molecular formula is C11H16N2O3S. The third kappa shape index (κ3) is 3.24. The van der Waals surface area contributed by atoms with Crippen LogP contribution >= 0.6 is 11.3 Å². The standard InChI is InChI=1S/C11H16N2O3S/c1-16-9-2-4-13(5-3-9)6-8-7-17-10(12-8)11(14)15/h7,9H,2-6H2,1H3,(H,14,15). The van der Waals surface area contributed by atoms with Gasteiger partial charge in [0.05, 0.1) is 11.8 Å². The van der Waals surface area contributed by atoms with Gasteiger partial charge in [0.15, 0.2) is 0 Å². The van der Waals surface area contributed by atoms with E-state index >= 15 is 0 Å². The van der Waals surface area contributed by atoms with Crippen molar-refractivity contribution in [2.45, 2.75) is 25.5 Å². The normalized spacial score (nSPS) is 18.4. The molecule has 1 N–H and O–H groups in total. The maximum Gasteiger partial charge on any atom is 0.365 e. The van der Waals surface area contributed by atoms with Crippen molar-refractivity contribution in [3.63, 3.8) is 0 Å². The second-order valence-electron chi connectivity index (χ2n) is 4.16. The van der Waals surface area contributed by atoms with Gasteiger partial charge in [-0.05, 0) is 12.8 Å². The summed E-state index contributed by atoms with van der Waals surface area (Å²) in [6, 6.07) is 0. The Labute approximate surface area is 104 Å². The lowest BCUT2D eigenvalue weighted by molar-refractivity contribution is 0.0385. The number of aromatic nitrogens is 1. The number of carboxylic acids is 1. The number of carbonyl (C=O) groups is 1. The summed E-state index contributed by atoms with van der Waals surface area (Å²) in [7, 11) is 1.75. The van der Waals surface area contributed by atoms with Crippen molar-refractivity contribution in [1.82, 2.24) is 9.88 Å². The monoisotopic (exact) mass is 256 g/mol. The number of thiazole rings is 1. The van der Waals surface area contributed by atoms with Gasteiger partial charge in [-0.25, -0.2) is 9.78 Å². The average molecular weight is 256 g/mol. The van der Waals surface area contributed by atoms with Gasteiger partial charge >= 0.3 is 5.97 Å². The first-order chi connectivity index (χ1) is 8.19. The van der Waals surface area contributed by atoms with Crippen molar-refractivity contribution in [2.24, 2.45) is 0 Å². The van der Waals surface area contributed by atoms with Crippen molar-refractivity contribution < 1.29 is 14.6 Å². The Morgan fingerprint density at radius 3 is 2.88 bits per heavy atom. The van der Waals surface area contributed by atoms with Gasteiger partial charge in [0.2, 0.25) is 5.01 Å². The number of carboxylic acid groups (broad SMARTS) is 1. The fourth-order valence-electron chi connectivity index (χ4n) is 2.01. The van der Waals surface area contributed by atoms with E-state index in [-0.39, 0.29) is 5.01 Å². The molecule has 6 heteroatoms. The second-order valence-corrected chi connectivity index (χ2v) is 5.02. The third-order valence-electron chi connectivity index (χ3n) is 2.99. The molecule has 2 heterocycles. The Kier molecular flexibility index (Phi) is 4.09. The van der Waals surface area contributed by atoms with Gasteiger partial charge in [-0.15, -0.1) is 11.3 Å². The highest BCUT2D eigenvalue weighted by Gasteiger charge is 2.19. The summed E-state index contributed by atoms with van der Waals surface area (Å²) in [6.45, 7) is 2.71. The van der Waals surface area contributed by atoms with Crippen LogP contribution in [0.25, 0.3) is 0 Å². The molecule has 1 aliphatic heterocycles. The molecule has 1 saturated heterocycles. The molecule has 0 amide bonds. The number of likely N-dealkylation sites (tertiary alicyclic amines) is 1. The summed E-state index contributed by atoms with van der Waals surface area (Å²) in [6.07, 6.45) is 2.44. The summed E-state index contributed by atoms with van der Waals surface area (Å²) in [5.74, 6) is -0.945. The molecule has 0 saturated carbocycles. The zero-order valence-corrected chi connectivity index (χ0v) is 10.6. The Morgan fingerprint density at radius 1 is 1.65 bits per heavy atom. The van der Waals surface area contributed by atoms with Crippen LogP contribution in [-0.4, -0.2) is 47.3 Å². The van der Waals surface area contributed by atoms with E-state index in [1.54, 1.807) is 7.11 Å². The summed E-state index contributed by atoms with van der Waals surface area (Å²) in [5.41, 5.74) is 0.850. The van der Waals surface area contributed by atoms with Gasteiger partial charge in [0.25, 0.3) is 0 Å². The van der Waals surface area contributed by atoms with Gasteiger partial charge in [0, 0.05) is 32.1 Å². The molecule has 0 bridgehead atoms. The van der Waals surface area contributed by atoms with Crippen LogP contribution in [-0.2, 0) is 11.3 Å². The molecule has 0 aliphatic carbocycles. The van der Waals surface area contributed by atoms with Crippen molar-refractivity contribution in [3.8, 4) is 0 Å². The number of nitrogens with zero attached hydrogens (tertiary/aromatic N) is 2. The maximum atomic E-state index is 10.7. The Morgan fingerprint density at radius 2 is 2.35 bits per heavy atom. The average Bonchev–Trinajstić information content (AvgIpc) is 2.79. The van der Waals surface area contributed by atoms with Crippen LogP contribution in [0.1, 0.15) is 28.3 Å². The van der Waals surface area contributed by atoms with Crippen molar-refractivity contribution >= 4 is 17.3 Å². The molecule has 17 heavy (non-hydrogen) atoms. The molecule has 1 aliphatic rings. The number of aromatic carboxylic acids is 1. The number of hydrogen-bond acceptors (Lipinski definition) is 5. The maximum absolute atomic E-state index is 10.7. The SMILES string of the molecule is COC1CCN(Cc2csc(C(=O)O)n2)CC1. The number of ether oxygens (including phenoxy) is 1. The van der Waals surface area contributed by atoms with E-state index in [0.29, 0.717) is 6.10 Å². The first-order valence-corrected chi connectivity index (χ1v) is 6.50. The lowest BCUT2D eigenvalue weighted by atomic mass is 10.1. The van der Waals surface area contributed by atoms with E-state index in [2.05, 4.69) is 9.88 Å². The Hall–Kier alpha value is -0.980. The number of rotatable bonds is 4. The van der Waals surface area contributed by atoms with Gasteiger partial charge < -0.3 is 9.84 Å². The van der Waals surface area contributed by atoms with E-state index in [1.807, 2.05) is 5.38 Å². The molecule has 0 unspecified atom stereocenters. The molecule has 1 aromatic rings. The molecule has 1 fully saturated rings. The summed E-state index contributed by atoms with van der Waals surface area (Å²) < 4.78 is 5.31. The van der Waals surface area contributed by atoms with Crippen LogP contribution in [0.3, 0.4) is 0 Å². The predicted octanol–water partition coefficient (Wildman–Crippen LogP) is 1.45. The van der Waals surface area contributed by atoms with E-state index in [0.717, 1.165) is 38.2 Å². The van der Waals surface area contributed by atoms with Gasteiger partial charge in [0.1, 0.15) is 0 Å². The van der Waals surface area contributed by atoms with Crippen molar-refractivity contribution in [1.29, 1.82) is 0 Å². The molecule has 0 atom stereocenters. The molecule has 0 spiro atoms. The molecule has 0 aromatic carbocycles. The van der Waals surface area contributed by atoms with Crippen LogP contribution in [0.5, 0.6) is 0 Å². The first kappa shape index (κ1) is 12.5. The third-order valence-corrected chi connectivity index (χ3v) is 3.87. The minimum Gasteiger partial charge on any atom is -0.476 e. The quantitative estimate of drug-likeness (QED) is 0.883. The lowest BCUT2D eigenvalue weighted by Crippen LogP contribution is -2.36. The minimum atomic E-state index is -0.945. The Bertz CT molecular complexity index is 386. The molecule has 1 aromatic heterocycles. The van der Waals surface area contributed by atoms with Gasteiger partial charge in [-0.2, -0.15) is 0 Å². The topological polar surface area (TPSA) is 62.7 Å². The second kappa shape index (κ2) is 5.57. The zero-order chi connectivity index (χ0) is 12.3. The summed E-state index contributed by atoms with van der Waals surface area (Å²) in [4.78, 5) is 17.1. The van der Waals surface area contributed by atoms with Crippen LogP contribution in [0, 0.1) is 0 Å². The highest BCUT2D eigenvalue weighted by molar-refractivity contribution is 7.11. The van der Waals surface area contributed by atoms with Crippen LogP contribution in [0.4, 0.5) is 0 Å². The van der Waals surface area contributed by atoms with Crippen LogP contribution in [0.2, 0.25) is 0 Å². The minimum absolute atomic E-state index is 0.173. The fourth-order valence-corrected chi connectivity index (χ4v) is 2.66. The molecule has 0 radical (unpaired) electrons. The van der Waals surface area contributed by atoms with Crippen LogP contribution < -0.4 is 0 Å². The molecule has 94 valence electrons. The van der Waals surface area contributed by atoms with Crippen molar-refractivity contribution in [2.75, 3.05) is 20.2 Å². The van der Waals surface area contributed by atoms with Gasteiger partial charge in [-0.3, -0.25) is 4.90 Å². The lowest BCUT2D eigenvalue weighted by Gasteiger charge is -2.30. The van der Waals surface area contributed by atoms with E-state index in [9.17, 15) is 4.79 Å². The Balaban J connectivity index is 1.86. The molecule has 5 nitrogen and oxygen atoms in total. The number of piperidine rings is 1.